The maximum Gasteiger partial charge on any atom is 0.262 e. The summed E-state index contributed by atoms with van der Waals surface area (Å²) in [4.78, 5) is 10.7. The van der Waals surface area contributed by atoms with Crippen molar-refractivity contribution in [3.8, 4) is 12.5 Å². The number of rotatable bonds is 6. The lowest BCUT2D eigenvalue weighted by Gasteiger charge is -2.25. The number of nitrogens with two attached hydrogens (primary N) is 1. The fraction of sp³-hybridized carbons (Fsp3) is 0.625. The molecule has 0 aromatic rings. The molecule has 0 aromatic heterocycles. The number of primary amides is 1. The second-order valence-corrected chi connectivity index (χ2v) is 2.79. The molecule has 0 rings (SSSR count). The number of carbonyl (C=O) groups is 1. The van der Waals surface area contributed by atoms with Gasteiger partial charge in [-0.05, 0) is 0 Å². The molecule has 6 N–H and O–H groups in total. The van der Waals surface area contributed by atoms with Crippen LogP contribution >= 0.6 is 0 Å². The third-order valence-electron chi connectivity index (χ3n) is 1.72. The van der Waals surface area contributed by atoms with E-state index in [4.69, 9.17) is 22.4 Å². The number of amides is 1. The molecule has 0 saturated carbocycles. The number of aliphatic hydroxyl groups excluding tert-OH is 4. The fourth-order valence-electron chi connectivity index (χ4n) is 0.884. The highest BCUT2D eigenvalue weighted by atomic mass is 16.5. The first-order valence-electron chi connectivity index (χ1n) is 4.01. The number of hydrogen-bond acceptors (Lipinski definition) is 6. The van der Waals surface area contributed by atoms with E-state index in [9.17, 15) is 15.0 Å². The normalized spacial score (nSPS) is 18.3. The molecule has 0 saturated heterocycles. The summed E-state index contributed by atoms with van der Waals surface area (Å²) in [6, 6.07) is 0. The molecular weight excluding hydrogens is 206 g/mol. The monoisotopic (exact) mass is 219 g/mol. The van der Waals surface area contributed by atoms with Gasteiger partial charge in [0.05, 0.1) is 6.61 Å². The minimum Gasteiger partial charge on any atom is -0.430 e. The molecule has 4 atom stereocenters. The Hall–Kier alpha value is -1.33. The van der Waals surface area contributed by atoms with E-state index in [1.165, 1.54) is 0 Å². The Kier molecular flexibility index (Phi) is 5.66. The summed E-state index contributed by atoms with van der Waals surface area (Å²) >= 11 is 0. The maximum atomic E-state index is 10.7. The molecule has 0 unspecified atom stereocenters. The van der Waals surface area contributed by atoms with Crippen LogP contribution in [0, 0.1) is 12.5 Å². The van der Waals surface area contributed by atoms with Gasteiger partial charge in [-0.1, -0.05) is 6.42 Å². The average molecular weight is 219 g/mol. The molecule has 0 fully saturated rings. The molecule has 0 bridgehead atoms. The van der Waals surface area contributed by atoms with Crippen LogP contribution in [0.2, 0.25) is 0 Å². The number of terminal acetylenes is 1. The third-order valence-corrected chi connectivity index (χ3v) is 1.72. The largest absolute Gasteiger partial charge is 0.430 e. The van der Waals surface area contributed by atoms with Crippen LogP contribution in [0.15, 0.2) is 0 Å². The van der Waals surface area contributed by atoms with Gasteiger partial charge in [-0.15, -0.1) is 0 Å². The van der Waals surface area contributed by atoms with Crippen molar-refractivity contribution in [3.63, 3.8) is 0 Å². The van der Waals surface area contributed by atoms with Crippen LogP contribution in [0.5, 0.6) is 0 Å². The van der Waals surface area contributed by atoms with Crippen molar-refractivity contribution < 1.29 is 30.0 Å². The third kappa shape index (κ3) is 3.73. The smallest absolute Gasteiger partial charge is 0.262 e. The van der Waals surface area contributed by atoms with Gasteiger partial charge < -0.3 is 30.9 Å². The highest BCUT2D eigenvalue weighted by molar-refractivity contribution is 5.79. The number of aliphatic hydroxyl groups is 4. The molecule has 0 aliphatic heterocycles. The summed E-state index contributed by atoms with van der Waals surface area (Å²) in [5.41, 5.74) is 4.83. The average Bonchev–Trinajstić information content (AvgIpc) is 2.22. The van der Waals surface area contributed by atoms with Gasteiger partial charge in [0, 0.05) is 0 Å². The quantitative estimate of drug-likeness (QED) is 0.295. The van der Waals surface area contributed by atoms with Crippen molar-refractivity contribution in [2.24, 2.45) is 5.73 Å². The van der Waals surface area contributed by atoms with Crippen LogP contribution in [-0.2, 0) is 9.53 Å². The van der Waals surface area contributed by atoms with Gasteiger partial charge >= 0.3 is 0 Å². The highest BCUT2D eigenvalue weighted by Crippen LogP contribution is 2.07. The van der Waals surface area contributed by atoms with Crippen LogP contribution in [0.25, 0.3) is 0 Å². The topological polar surface area (TPSA) is 133 Å². The highest BCUT2D eigenvalue weighted by Gasteiger charge is 2.35. The van der Waals surface area contributed by atoms with Gasteiger partial charge in [0.2, 0.25) is 6.10 Å². The predicted octanol–water partition coefficient (Wildman–Crippen LogP) is -3.48. The van der Waals surface area contributed by atoms with Gasteiger partial charge in [0.1, 0.15) is 24.4 Å². The lowest BCUT2D eigenvalue weighted by Crippen LogP contribution is -2.51. The van der Waals surface area contributed by atoms with E-state index in [2.05, 4.69) is 4.74 Å². The summed E-state index contributed by atoms with van der Waals surface area (Å²) in [5, 5.41) is 36.0. The first-order chi connectivity index (χ1) is 6.95. The molecule has 86 valence electrons. The molecular formula is C8H13NO6. The molecule has 1 amide bonds. The zero-order valence-electron chi connectivity index (χ0n) is 7.78. The Morgan fingerprint density at radius 2 is 1.93 bits per heavy atom. The van der Waals surface area contributed by atoms with E-state index < -0.39 is 36.9 Å². The number of hydrogen-bond donors (Lipinski definition) is 5. The standard InChI is InChI=1S/C8H13NO6/c1-2-15-7(8(9)14)6(13)5(12)4(11)3-10/h1,4-7,10-13H,3H2,(H2,9,14)/t4-,5-,6+,7-/m1/s1. The van der Waals surface area contributed by atoms with Crippen LogP contribution in [0.3, 0.4) is 0 Å². The molecule has 7 nitrogen and oxygen atoms in total. The summed E-state index contributed by atoms with van der Waals surface area (Å²) in [5.74, 6) is -1.09. The summed E-state index contributed by atoms with van der Waals surface area (Å²) in [7, 11) is 0. The van der Waals surface area contributed by atoms with Crippen molar-refractivity contribution >= 4 is 5.91 Å². The molecule has 15 heavy (non-hydrogen) atoms. The van der Waals surface area contributed by atoms with Crippen molar-refractivity contribution in [2.45, 2.75) is 24.4 Å². The molecule has 0 aliphatic rings. The Balaban J connectivity index is 4.56. The van der Waals surface area contributed by atoms with E-state index in [-0.39, 0.29) is 0 Å². The lowest BCUT2D eigenvalue weighted by molar-refractivity contribution is -0.145. The fourth-order valence-corrected chi connectivity index (χ4v) is 0.884. The number of carbonyl (C=O) groups excluding carboxylic acids is 1. The molecule has 0 radical (unpaired) electrons. The van der Waals surface area contributed by atoms with Crippen molar-refractivity contribution in [1.82, 2.24) is 0 Å². The van der Waals surface area contributed by atoms with Gasteiger partial charge in [0.15, 0.2) is 0 Å². The molecule has 0 aliphatic carbocycles. The van der Waals surface area contributed by atoms with E-state index in [1.54, 1.807) is 6.11 Å². The molecule has 7 heteroatoms. The molecule has 0 spiro atoms. The second kappa shape index (κ2) is 6.21. The van der Waals surface area contributed by atoms with Crippen LogP contribution < -0.4 is 5.73 Å². The van der Waals surface area contributed by atoms with Crippen molar-refractivity contribution in [3.05, 3.63) is 0 Å². The first kappa shape index (κ1) is 13.7. The minimum absolute atomic E-state index is 0.792. The van der Waals surface area contributed by atoms with Crippen molar-refractivity contribution in [2.75, 3.05) is 6.61 Å². The van der Waals surface area contributed by atoms with Crippen molar-refractivity contribution in [1.29, 1.82) is 0 Å². The predicted molar refractivity (Wildman–Crippen MR) is 48.0 cm³/mol. The Bertz CT molecular complexity index is 250. The summed E-state index contributed by atoms with van der Waals surface area (Å²) in [6.07, 6.45) is -0.524. The van der Waals surface area contributed by atoms with E-state index in [1.807, 2.05) is 0 Å². The SMILES string of the molecule is C#CO[C@@H](C(N)=O)[C@@H](O)[C@H](O)[C@H](O)CO. The first-order valence-corrected chi connectivity index (χ1v) is 4.01. The Morgan fingerprint density at radius 3 is 2.27 bits per heavy atom. The van der Waals surface area contributed by atoms with E-state index in [0.29, 0.717) is 0 Å². The molecule has 0 aromatic carbocycles. The Morgan fingerprint density at radius 1 is 1.40 bits per heavy atom. The van der Waals surface area contributed by atoms with Crippen LogP contribution in [0.1, 0.15) is 0 Å². The summed E-state index contributed by atoms with van der Waals surface area (Å²) in [6.45, 7) is -0.792. The Labute approximate surface area is 86.1 Å². The van der Waals surface area contributed by atoms with E-state index in [0.717, 1.165) is 0 Å². The minimum atomic E-state index is -1.82. The van der Waals surface area contributed by atoms with Gasteiger partial charge in [0.25, 0.3) is 5.91 Å². The van der Waals surface area contributed by atoms with Gasteiger partial charge in [-0.2, -0.15) is 0 Å². The van der Waals surface area contributed by atoms with Gasteiger partial charge in [-0.25, -0.2) is 0 Å². The zero-order chi connectivity index (χ0) is 12.0. The second-order valence-electron chi connectivity index (χ2n) is 2.79. The lowest BCUT2D eigenvalue weighted by atomic mass is 10.0. The van der Waals surface area contributed by atoms with Gasteiger partial charge in [-0.3, -0.25) is 4.79 Å². The summed E-state index contributed by atoms with van der Waals surface area (Å²) < 4.78 is 4.33. The zero-order valence-corrected chi connectivity index (χ0v) is 7.78. The van der Waals surface area contributed by atoms with Crippen LogP contribution in [-0.4, -0.2) is 57.4 Å². The van der Waals surface area contributed by atoms with E-state index >= 15 is 0 Å². The maximum absolute atomic E-state index is 10.7. The van der Waals surface area contributed by atoms with Crippen LogP contribution in [0.4, 0.5) is 0 Å². The molecule has 0 heterocycles. The number of ether oxygens (including phenoxy) is 1.